The molecule has 110 valence electrons. The zero-order valence-electron chi connectivity index (χ0n) is 11.3. The lowest BCUT2D eigenvalue weighted by atomic mass is 10.1. The van der Waals surface area contributed by atoms with E-state index in [0.717, 1.165) is 5.56 Å². The van der Waals surface area contributed by atoms with Crippen LogP contribution in [0.2, 0.25) is 5.02 Å². The number of rotatable bonds is 6. The Hall–Kier alpha value is -2.07. The first-order chi connectivity index (χ1) is 10.1. The number of carbonyl (C=O) groups is 1. The molecule has 0 spiro atoms. The Balaban J connectivity index is 1.70. The van der Waals surface area contributed by atoms with E-state index < -0.39 is 5.82 Å². The fraction of sp³-hybridized carbons (Fsp3) is 0.188. The van der Waals surface area contributed by atoms with Crippen LogP contribution in [0.25, 0.3) is 0 Å². The van der Waals surface area contributed by atoms with E-state index in [1.165, 1.54) is 6.07 Å². The van der Waals surface area contributed by atoms with Gasteiger partial charge in [-0.15, -0.1) is 0 Å². The zero-order valence-corrected chi connectivity index (χ0v) is 12.1. The lowest BCUT2D eigenvalue weighted by Crippen LogP contribution is -2.29. The van der Waals surface area contributed by atoms with E-state index in [-0.39, 0.29) is 24.7 Å². The predicted octanol–water partition coefficient (Wildman–Crippen LogP) is 3.22. The fourth-order valence-corrected chi connectivity index (χ4v) is 1.89. The van der Waals surface area contributed by atoms with Crippen LogP contribution in [-0.4, -0.2) is 19.1 Å². The molecule has 1 N–H and O–H groups in total. The van der Waals surface area contributed by atoms with Crippen molar-refractivity contribution >= 4 is 17.5 Å². The Morgan fingerprint density at radius 1 is 1.14 bits per heavy atom. The Morgan fingerprint density at radius 2 is 1.86 bits per heavy atom. The lowest BCUT2D eigenvalue weighted by molar-refractivity contribution is -0.120. The summed E-state index contributed by atoms with van der Waals surface area (Å²) in [6, 6.07) is 13.2. The van der Waals surface area contributed by atoms with Gasteiger partial charge in [0.25, 0.3) is 0 Å². The van der Waals surface area contributed by atoms with Gasteiger partial charge >= 0.3 is 0 Å². The van der Waals surface area contributed by atoms with Gasteiger partial charge in [0.2, 0.25) is 5.91 Å². The number of benzene rings is 2. The van der Waals surface area contributed by atoms with E-state index in [0.29, 0.717) is 11.6 Å². The van der Waals surface area contributed by atoms with Gasteiger partial charge in [0.15, 0.2) is 11.6 Å². The van der Waals surface area contributed by atoms with Crippen LogP contribution in [0.1, 0.15) is 5.56 Å². The highest BCUT2D eigenvalue weighted by molar-refractivity contribution is 6.30. The average molecular weight is 308 g/mol. The van der Waals surface area contributed by atoms with Gasteiger partial charge in [0, 0.05) is 5.02 Å². The summed E-state index contributed by atoms with van der Waals surface area (Å²) in [6.45, 7) is 0.536. The summed E-state index contributed by atoms with van der Waals surface area (Å²) in [5.41, 5.74) is 0.881. The van der Waals surface area contributed by atoms with Crippen molar-refractivity contribution in [1.29, 1.82) is 0 Å². The molecule has 0 radical (unpaired) electrons. The summed E-state index contributed by atoms with van der Waals surface area (Å²) in [5.74, 6) is -0.344. The maximum atomic E-state index is 13.3. The largest absolute Gasteiger partial charge is 0.489 e. The summed E-state index contributed by atoms with van der Waals surface area (Å²) in [5, 5.41) is 3.35. The number of halogens is 2. The Kier molecular flexibility index (Phi) is 5.58. The number of carbonyl (C=O) groups excluding carboxylic acids is 1. The summed E-state index contributed by atoms with van der Waals surface area (Å²) in [7, 11) is 0. The SMILES string of the molecule is O=C(Cc1ccc(Cl)cc1)NCCOc1ccccc1F. The van der Waals surface area contributed by atoms with E-state index in [9.17, 15) is 9.18 Å². The van der Waals surface area contributed by atoms with Crippen LogP contribution in [0.3, 0.4) is 0 Å². The normalized spacial score (nSPS) is 10.2. The summed E-state index contributed by atoms with van der Waals surface area (Å²) in [4.78, 5) is 11.7. The van der Waals surface area contributed by atoms with Crippen LogP contribution in [0.5, 0.6) is 5.75 Å². The third kappa shape index (κ3) is 5.08. The van der Waals surface area contributed by atoms with E-state index in [2.05, 4.69) is 5.32 Å². The Morgan fingerprint density at radius 3 is 2.57 bits per heavy atom. The number of amides is 1. The van der Waals surface area contributed by atoms with E-state index in [1.54, 1.807) is 42.5 Å². The second kappa shape index (κ2) is 7.64. The molecule has 0 fully saturated rings. The minimum Gasteiger partial charge on any atom is -0.489 e. The molecule has 2 aromatic carbocycles. The average Bonchev–Trinajstić information content (AvgIpc) is 2.48. The maximum Gasteiger partial charge on any atom is 0.224 e. The highest BCUT2D eigenvalue weighted by Crippen LogP contribution is 2.14. The van der Waals surface area contributed by atoms with Crippen LogP contribution in [0.15, 0.2) is 48.5 Å². The summed E-state index contributed by atoms with van der Waals surface area (Å²) in [6.07, 6.45) is 0.275. The maximum absolute atomic E-state index is 13.3. The molecule has 0 aliphatic heterocycles. The van der Waals surface area contributed by atoms with Crippen molar-refractivity contribution in [1.82, 2.24) is 5.32 Å². The van der Waals surface area contributed by atoms with Crippen molar-refractivity contribution in [3.8, 4) is 5.75 Å². The zero-order chi connectivity index (χ0) is 15.1. The Bertz CT molecular complexity index is 601. The van der Waals surface area contributed by atoms with Gasteiger partial charge in [0.1, 0.15) is 6.61 Å². The van der Waals surface area contributed by atoms with Crippen molar-refractivity contribution in [2.45, 2.75) is 6.42 Å². The molecule has 0 bridgehead atoms. The lowest BCUT2D eigenvalue weighted by Gasteiger charge is -2.08. The predicted molar refractivity (Wildman–Crippen MR) is 80.1 cm³/mol. The van der Waals surface area contributed by atoms with E-state index in [4.69, 9.17) is 16.3 Å². The molecule has 2 rings (SSSR count). The van der Waals surface area contributed by atoms with Gasteiger partial charge in [-0.1, -0.05) is 35.9 Å². The molecular weight excluding hydrogens is 293 g/mol. The van der Waals surface area contributed by atoms with E-state index in [1.807, 2.05) is 0 Å². The number of ether oxygens (including phenoxy) is 1. The van der Waals surface area contributed by atoms with Gasteiger partial charge in [-0.2, -0.15) is 0 Å². The second-order valence-electron chi connectivity index (χ2n) is 4.43. The minimum atomic E-state index is -0.412. The van der Waals surface area contributed by atoms with Crippen molar-refractivity contribution in [3.63, 3.8) is 0 Å². The molecule has 5 heteroatoms. The Labute approximate surface area is 127 Å². The van der Waals surface area contributed by atoms with Crippen LogP contribution in [0, 0.1) is 5.82 Å². The van der Waals surface area contributed by atoms with Gasteiger partial charge in [0.05, 0.1) is 13.0 Å². The molecule has 0 heterocycles. The third-order valence-corrected chi connectivity index (χ3v) is 3.05. The molecule has 0 aliphatic rings. The molecule has 0 aliphatic carbocycles. The molecule has 0 aromatic heterocycles. The van der Waals surface area contributed by atoms with Crippen molar-refractivity contribution < 1.29 is 13.9 Å². The molecule has 1 amide bonds. The molecule has 3 nitrogen and oxygen atoms in total. The van der Waals surface area contributed by atoms with Gasteiger partial charge in [-0.25, -0.2) is 4.39 Å². The highest BCUT2D eigenvalue weighted by Gasteiger charge is 2.04. The van der Waals surface area contributed by atoms with Crippen molar-refractivity contribution in [2.24, 2.45) is 0 Å². The van der Waals surface area contributed by atoms with Crippen molar-refractivity contribution in [3.05, 3.63) is 64.9 Å². The molecule has 0 saturated carbocycles. The fourth-order valence-electron chi connectivity index (χ4n) is 1.76. The molecule has 0 unspecified atom stereocenters. The highest BCUT2D eigenvalue weighted by atomic mass is 35.5. The molecule has 0 atom stereocenters. The number of nitrogens with one attached hydrogen (secondary N) is 1. The van der Waals surface area contributed by atoms with Gasteiger partial charge in [-0.05, 0) is 29.8 Å². The monoisotopic (exact) mass is 307 g/mol. The van der Waals surface area contributed by atoms with Crippen molar-refractivity contribution in [2.75, 3.05) is 13.2 Å². The smallest absolute Gasteiger partial charge is 0.224 e. The first-order valence-electron chi connectivity index (χ1n) is 6.53. The molecule has 21 heavy (non-hydrogen) atoms. The second-order valence-corrected chi connectivity index (χ2v) is 4.87. The number of hydrogen-bond donors (Lipinski definition) is 1. The third-order valence-electron chi connectivity index (χ3n) is 2.80. The van der Waals surface area contributed by atoms with Crippen LogP contribution in [0.4, 0.5) is 4.39 Å². The van der Waals surface area contributed by atoms with Crippen LogP contribution < -0.4 is 10.1 Å². The van der Waals surface area contributed by atoms with Crippen LogP contribution in [-0.2, 0) is 11.2 Å². The van der Waals surface area contributed by atoms with Crippen LogP contribution >= 0.6 is 11.6 Å². The summed E-state index contributed by atoms with van der Waals surface area (Å²) >= 11 is 5.77. The standard InChI is InChI=1S/C16H15ClFNO2/c17-13-7-5-12(6-8-13)11-16(20)19-9-10-21-15-4-2-1-3-14(15)18/h1-8H,9-11H2,(H,19,20). The first kappa shape index (κ1) is 15.3. The van der Waals surface area contributed by atoms with Gasteiger partial charge in [-0.3, -0.25) is 4.79 Å². The minimum absolute atomic E-state index is 0.116. The molecular formula is C16H15ClFNO2. The molecule has 2 aromatic rings. The summed E-state index contributed by atoms with van der Waals surface area (Å²) < 4.78 is 18.5. The van der Waals surface area contributed by atoms with E-state index >= 15 is 0 Å². The van der Waals surface area contributed by atoms with Gasteiger partial charge < -0.3 is 10.1 Å². The number of hydrogen-bond acceptors (Lipinski definition) is 2. The topological polar surface area (TPSA) is 38.3 Å². The number of para-hydroxylation sites is 1. The first-order valence-corrected chi connectivity index (χ1v) is 6.91. The molecule has 0 saturated heterocycles. The quantitative estimate of drug-likeness (QED) is 0.832.